The van der Waals surface area contributed by atoms with E-state index in [-0.39, 0.29) is 0 Å². The summed E-state index contributed by atoms with van der Waals surface area (Å²) in [5.74, 6) is 2.67. The fourth-order valence-electron chi connectivity index (χ4n) is 3.04. The van der Waals surface area contributed by atoms with E-state index in [2.05, 4.69) is 5.18 Å². The Kier molecular flexibility index (Phi) is 3.73. The maximum atomic E-state index is 10.2. The molecule has 0 heterocycles. The molecular formula is C12H21NO2. The molecule has 2 rings (SSSR count). The molecule has 3 heteroatoms. The third-order valence-corrected chi connectivity index (χ3v) is 4.60. The number of nitrogens with zero attached hydrogens (tertiary/aromatic N) is 1. The fraction of sp³-hybridized carbons (Fsp3) is 1.00. The highest BCUT2D eigenvalue weighted by Crippen LogP contribution is 2.43. The van der Waals surface area contributed by atoms with E-state index >= 15 is 0 Å². The van der Waals surface area contributed by atoms with Crippen molar-refractivity contribution in [1.82, 2.24) is 0 Å². The molecule has 0 bridgehead atoms. The SMILES string of the molecule is O=NCC1CCC1CCC1CCC1CO. The molecule has 4 atom stereocenters. The van der Waals surface area contributed by atoms with Crippen molar-refractivity contribution in [3.63, 3.8) is 0 Å². The highest BCUT2D eigenvalue weighted by molar-refractivity contribution is 4.85. The van der Waals surface area contributed by atoms with Crippen molar-refractivity contribution in [2.75, 3.05) is 13.2 Å². The summed E-state index contributed by atoms with van der Waals surface area (Å²) in [6.07, 6.45) is 7.51. The van der Waals surface area contributed by atoms with E-state index in [4.69, 9.17) is 5.11 Å². The van der Waals surface area contributed by atoms with Crippen LogP contribution in [-0.2, 0) is 0 Å². The molecule has 0 aromatic carbocycles. The Labute approximate surface area is 91.2 Å². The first kappa shape index (κ1) is 11.1. The second kappa shape index (κ2) is 5.06. The molecule has 15 heavy (non-hydrogen) atoms. The molecule has 2 aliphatic carbocycles. The minimum atomic E-state index is 0.370. The largest absolute Gasteiger partial charge is 0.396 e. The minimum absolute atomic E-state index is 0.370. The van der Waals surface area contributed by atoms with Gasteiger partial charge in [-0.3, -0.25) is 0 Å². The van der Waals surface area contributed by atoms with Gasteiger partial charge in [0.2, 0.25) is 0 Å². The zero-order chi connectivity index (χ0) is 10.7. The molecule has 0 aromatic rings. The second-order valence-electron chi connectivity index (χ2n) is 5.27. The lowest BCUT2D eigenvalue weighted by Crippen LogP contribution is -2.32. The summed E-state index contributed by atoms with van der Waals surface area (Å²) in [4.78, 5) is 10.2. The summed E-state index contributed by atoms with van der Waals surface area (Å²) in [6.45, 7) is 0.896. The van der Waals surface area contributed by atoms with Gasteiger partial charge in [-0.05, 0) is 62.2 Å². The molecule has 0 amide bonds. The monoisotopic (exact) mass is 211 g/mol. The van der Waals surface area contributed by atoms with Crippen molar-refractivity contribution in [2.45, 2.75) is 38.5 Å². The molecule has 2 aliphatic rings. The zero-order valence-corrected chi connectivity index (χ0v) is 9.27. The Bertz CT molecular complexity index is 218. The molecule has 2 fully saturated rings. The number of hydrogen-bond acceptors (Lipinski definition) is 3. The average molecular weight is 211 g/mol. The van der Waals surface area contributed by atoms with Crippen LogP contribution in [-0.4, -0.2) is 18.3 Å². The Hall–Kier alpha value is -0.440. The molecule has 0 aliphatic heterocycles. The van der Waals surface area contributed by atoms with E-state index in [1.165, 1.54) is 38.5 Å². The lowest BCUT2D eigenvalue weighted by molar-refractivity contribution is 0.0676. The van der Waals surface area contributed by atoms with Gasteiger partial charge in [0, 0.05) is 6.61 Å². The quantitative estimate of drug-likeness (QED) is 0.686. The van der Waals surface area contributed by atoms with Crippen LogP contribution < -0.4 is 0 Å². The van der Waals surface area contributed by atoms with Gasteiger partial charge in [-0.2, -0.15) is 4.91 Å². The Balaban J connectivity index is 1.63. The van der Waals surface area contributed by atoms with Crippen molar-refractivity contribution in [3.05, 3.63) is 4.91 Å². The smallest absolute Gasteiger partial charge is 0.0841 e. The van der Waals surface area contributed by atoms with Gasteiger partial charge < -0.3 is 5.11 Å². The van der Waals surface area contributed by atoms with Crippen molar-refractivity contribution < 1.29 is 5.11 Å². The van der Waals surface area contributed by atoms with Gasteiger partial charge in [-0.1, -0.05) is 5.18 Å². The van der Waals surface area contributed by atoms with Gasteiger partial charge >= 0.3 is 0 Å². The van der Waals surface area contributed by atoms with E-state index in [1.807, 2.05) is 0 Å². The lowest BCUT2D eigenvalue weighted by Gasteiger charge is -2.40. The van der Waals surface area contributed by atoms with E-state index in [1.54, 1.807) is 0 Å². The Morgan fingerprint density at radius 1 is 0.933 bits per heavy atom. The first-order chi connectivity index (χ1) is 7.35. The fourth-order valence-corrected chi connectivity index (χ4v) is 3.04. The van der Waals surface area contributed by atoms with E-state index in [9.17, 15) is 4.91 Å². The van der Waals surface area contributed by atoms with Gasteiger partial charge in [-0.25, -0.2) is 0 Å². The van der Waals surface area contributed by atoms with Gasteiger partial charge in [0.05, 0.1) is 6.54 Å². The number of aliphatic hydroxyl groups is 1. The van der Waals surface area contributed by atoms with Crippen molar-refractivity contribution in [1.29, 1.82) is 0 Å². The molecule has 0 aromatic heterocycles. The third-order valence-electron chi connectivity index (χ3n) is 4.60. The molecule has 0 radical (unpaired) electrons. The van der Waals surface area contributed by atoms with Crippen LogP contribution in [0.4, 0.5) is 0 Å². The van der Waals surface area contributed by atoms with Gasteiger partial charge in [0.1, 0.15) is 0 Å². The number of aliphatic hydroxyl groups excluding tert-OH is 1. The molecule has 1 N–H and O–H groups in total. The first-order valence-corrected chi connectivity index (χ1v) is 6.25. The normalized spacial score (nSPS) is 39.3. The molecule has 3 nitrogen and oxygen atoms in total. The predicted octanol–water partition coefficient (Wildman–Crippen LogP) is 2.58. The number of hydrogen-bond donors (Lipinski definition) is 1. The van der Waals surface area contributed by atoms with Gasteiger partial charge in [0.25, 0.3) is 0 Å². The Morgan fingerprint density at radius 3 is 1.87 bits per heavy atom. The summed E-state index contributed by atoms with van der Waals surface area (Å²) in [5, 5.41) is 12.1. The minimum Gasteiger partial charge on any atom is -0.396 e. The first-order valence-electron chi connectivity index (χ1n) is 6.25. The third kappa shape index (κ3) is 2.39. The van der Waals surface area contributed by atoms with Crippen molar-refractivity contribution >= 4 is 0 Å². The Morgan fingerprint density at radius 2 is 1.47 bits per heavy atom. The van der Waals surface area contributed by atoms with Crippen molar-refractivity contribution in [2.24, 2.45) is 28.8 Å². The maximum absolute atomic E-state index is 10.2. The predicted molar refractivity (Wildman–Crippen MR) is 59.4 cm³/mol. The summed E-state index contributed by atoms with van der Waals surface area (Å²) in [7, 11) is 0. The second-order valence-corrected chi connectivity index (χ2v) is 5.27. The lowest BCUT2D eigenvalue weighted by atomic mass is 9.66. The van der Waals surface area contributed by atoms with Crippen LogP contribution in [0.15, 0.2) is 5.18 Å². The van der Waals surface area contributed by atoms with Crippen LogP contribution in [0.1, 0.15) is 38.5 Å². The molecule has 86 valence electrons. The maximum Gasteiger partial charge on any atom is 0.0841 e. The highest BCUT2D eigenvalue weighted by Gasteiger charge is 2.34. The van der Waals surface area contributed by atoms with Crippen LogP contribution in [0.25, 0.3) is 0 Å². The van der Waals surface area contributed by atoms with Gasteiger partial charge in [0.15, 0.2) is 0 Å². The number of nitroso groups, excluding NO2 is 1. The van der Waals surface area contributed by atoms with Gasteiger partial charge in [-0.15, -0.1) is 0 Å². The van der Waals surface area contributed by atoms with Crippen LogP contribution in [0.3, 0.4) is 0 Å². The van der Waals surface area contributed by atoms with E-state index < -0.39 is 0 Å². The van der Waals surface area contributed by atoms with Crippen molar-refractivity contribution in [3.8, 4) is 0 Å². The van der Waals surface area contributed by atoms with E-state index in [0.717, 1.165) is 11.8 Å². The molecular weight excluding hydrogens is 190 g/mol. The topological polar surface area (TPSA) is 49.7 Å². The summed E-state index contributed by atoms with van der Waals surface area (Å²) >= 11 is 0. The summed E-state index contributed by atoms with van der Waals surface area (Å²) in [5.41, 5.74) is 0. The van der Waals surface area contributed by atoms with E-state index in [0.29, 0.717) is 25.0 Å². The molecule has 0 spiro atoms. The standard InChI is InChI=1S/C12H21NO2/c14-8-12-6-4-10(12)2-1-9-3-5-11(9)7-13-15/h9-12,14H,1-8H2. The van der Waals surface area contributed by atoms with Crippen LogP contribution in [0, 0.1) is 28.6 Å². The summed E-state index contributed by atoms with van der Waals surface area (Å²) in [6, 6.07) is 0. The summed E-state index contributed by atoms with van der Waals surface area (Å²) < 4.78 is 0. The number of rotatable bonds is 6. The zero-order valence-electron chi connectivity index (χ0n) is 9.27. The molecule has 4 unspecified atom stereocenters. The molecule has 0 saturated heterocycles. The average Bonchev–Trinajstić information content (AvgIpc) is 2.18. The van der Waals surface area contributed by atoms with Crippen LogP contribution in [0.2, 0.25) is 0 Å². The molecule has 2 saturated carbocycles. The highest BCUT2D eigenvalue weighted by atomic mass is 16.3. The van der Waals surface area contributed by atoms with Crippen LogP contribution in [0.5, 0.6) is 0 Å². The van der Waals surface area contributed by atoms with Crippen LogP contribution >= 0.6 is 0 Å².